The predicted molar refractivity (Wildman–Crippen MR) is 67.2 cm³/mol. The average Bonchev–Trinajstić information content (AvgIpc) is 2.95. The van der Waals surface area contributed by atoms with Crippen molar-refractivity contribution in [2.24, 2.45) is 0 Å². The fraction of sp³-hybridized carbons (Fsp3) is 0.231. The van der Waals surface area contributed by atoms with E-state index < -0.39 is 0 Å². The molecule has 1 atom stereocenters. The van der Waals surface area contributed by atoms with Gasteiger partial charge in [-0.25, -0.2) is 0 Å². The van der Waals surface area contributed by atoms with Gasteiger partial charge in [0.2, 0.25) is 5.88 Å². The average molecular weight is 256 g/mol. The van der Waals surface area contributed by atoms with Crippen LogP contribution in [0.2, 0.25) is 0 Å². The second kappa shape index (κ2) is 3.92. The van der Waals surface area contributed by atoms with Crippen LogP contribution in [0, 0.1) is 18.3 Å². The number of furan rings is 1. The molecule has 3 rings (SSSR count). The second-order valence-electron chi connectivity index (χ2n) is 4.42. The van der Waals surface area contributed by atoms with E-state index in [-0.39, 0.29) is 5.92 Å². The van der Waals surface area contributed by atoms with Crippen molar-refractivity contribution in [1.29, 1.82) is 5.26 Å². The molecule has 0 amide bonds. The lowest BCUT2D eigenvalue weighted by Gasteiger charge is -2.22. The number of nitrogens with one attached hydrogen (secondary N) is 1. The van der Waals surface area contributed by atoms with Gasteiger partial charge in [-0.05, 0) is 19.9 Å². The zero-order valence-electron chi connectivity index (χ0n) is 10.5. The summed E-state index contributed by atoms with van der Waals surface area (Å²) in [5.41, 5.74) is 7.78. The van der Waals surface area contributed by atoms with Crippen LogP contribution in [0.25, 0.3) is 0 Å². The molecular formula is C13H12N4O2. The summed E-state index contributed by atoms with van der Waals surface area (Å²) in [6, 6.07) is 5.62. The number of ether oxygens (including phenoxy) is 1. The first-order chi connectivity index (χ1) is 9.11. The number of rotatable bonds is 1. The topological polar surface area (TPSA) is 101 Å². The summed E-state index contributed by atoms with van der Waals surface area (Å²) in [6.07, 6.45) is 0. The van der Waals surface area contributed by atoms with E-state index in [0.29, 0.717) is 28.9 Å². The van der Waals surface area contributed by atoms with E-state index in [2.05, 4.69) is 16.3 Å². The van der Waals surface area contributed by atoms with E-state index in [1.54, 1.807) is 19.1 Å². The summed E-state index contributed by atoms with van der Waals surface area (Å²) in [4.78, 5) is 0. The van der Waals surface area contributed by atoms with Gasteiger partial charge in [-0.15, -0.1) is 5.10 Å². The lowest BCUT2D eigenvalue weighted by Crippen LogP contribution is -2.14. The molecule has 19 heavy (non-hydrogen) atoms. The molecule has 3 N–H and O–H groups in total. The van der Waals surface area contributed by atoms with E-state index in [1.807, 2.05) is 6.92 Å². The number of allylic oxidation sites excluding steroid dienone is 2. The first kappa shape index (κ1) is 11.4. The summed E-state index contributed by atoms with van der Waals surface area (Å²) >= 11 is 0. The van der Waals surface area contributed by atoms with Crippen molar-refractivity contribution in [3.05, 3.63) is 40.5 Å². The molecule has 1 aliphatic heterocycles. The Labute approximate surface area is 109 Å². The molecular weight excluding hydrogens is 244 g/mol. The Hall–Kier alpha value is -2.68. The number of nitrogen functional groups attached to an aromatic ring is 1. The van der Waals surface area contributed by atoms with Gasteiger partial charge >= 0.3 is 0 Å². The number of hydrogen-bond donors (Lipinski definition) is 2. The SMILES string of the molecule is CC1=C(C#N)C(c2ccc(N)o2)c2c(n[nH]c2C)O1. The van der Waals surface area contributed by atoms with E-state index in [1.165, 1.54) is 0 Å². The van der Waals surface area contributed by atoms with E-state index in [0.717, 1.165) is 11.3 Å². The molecule has 0 saturated heterocycles. The Morgan fingerprint density at radius 3 is 2.84 bits per heavy atom. The number of aromatic amines is 1. The number of nitrogens with zero attached hydrogens (tertiary/aromatic N) is 2. The fourth-order valence-electron chi connectivity index (χ4n) is 2.33. The van der Waals surface area contributed by atoms with Crippen LogP contribution < -0.4 is 10.5 Å². The number of H-pyrrole nitrogens is 1. The minimum Gasteiger partial charge on any atom is -0.445 e. The highest BCUT2D eigenvalue weighted by Crippen LogP contribution is 2.43. The van der Waals surface area contributed by atoms with Crippen LogP contribution in [0.1, 0.15) is 29.9 Å². The van der Waals surface area contributed by atoms with Crippen LogP contribution in [0.5, 0.6) is 5.88 Å². The monoisotopic (exact) mass is 256 g/mol. The zero-order chi connectivity index (χ0) is 13.6. The highest BCUT2D eigenvalue weighted by Gasteiger charge is 2.35. The van der Waals surface area contributed by atoms with Crippen molar-refractivity contribution < 1.29 is 9.15 Å². The molecule has 1 unspecified atom stereocenters. The number of aromatic nitrogens is 2. The standard InChI is InChI=1S/C13H12N4O2/c1-6-11-12(9-3-4-10(15)19-9)8(5-14)7(2)18-13(11)17-16-6/h3-4,12H,15H2,1-2H3,(H,16,17). The maximum Gasteiger partial charge on any atom is 0.242 e. The van der Waals surface area contributed by atoms with Gasteiger partial charge in [0.05, 0.1) is 23.1 Å². The van der Waals surface area contributed by atoms with Crippen molar-refractivity contribution in [2.75, 3.05) is 5.73 Å². The van der Waals surface area contributed by atoms with Gasteiger partial charge in [0.15, 0.2) is 5.88 Å². The van der Waals surface area contributed by atoms with Crippen molar-refractivity contribution in [2.45, 2.75) is 19.8 Å². The smallest absolute Gasteiger partial charge is 0.242 e. The largest absolute Gasteiger partial charge is 0.445 e. The third-order valence-electron chi connectivity index (χ3n) is 3.22. The predicted octanol–water partition coefficient (Wildman–Crippen LogP) is 2.22. The first-order valence-corrected chi connectivity index (χ1v) is 5.80. The summed E-state index contributed by atoms with van der Waals surface area (Å²) in [5, 5.41) is 16.3. The van der Waals surface area contributed by atoms with Gasteiger partial charge in [0, 0.05) is 11.8 Å². The van der Waals surface area contributed by atoms with Crippen molar-refractivity contribution in [1.82, 2.24) is 10.2 Å². The van der Waals surface area contributed by atoms with Crippen LogP contribution in [0.15, 0.2) is 27.9 Å². The maximum absolute atomic E-state index is 9.36. The number of nitriles is 1. The Bertz CT molecular complexity index is 717. The molecule has 0 aliphatic carbocycles. The molecule has 0 saturated carbocycles. The third kappa shape index (κ3) is 1.59. The summed E-state index contributed by atoms with van der Waals surface area (Å²) in [6.45, 7) is 3.62. The van der Waals surface area contributed by atoms with Crippen LogP contribution in [-0.4, -0.2) is 10.2 Å². The van der Waals surface area contributed by atoms with Crippen LogP contribution >= 0.6 is 0 Å². The van der Waals surface area contributed by atoms with E-state index in [4.69, 9.17) is 14.9 Å². The van der Waals surface area contributed by atoms with Crippen LogP contribution in [0.4, 0.5) is 5.88 Å². The molecule has 0 spiro atoms. The van der Waals surface area contributed by atoms with E-state index >= 15 is 0 Å². The van der Waals surface area contributed by atoms with Crippen LogP contribution in [0.3, 0.4) is 0 Å². The van der Waals surface area contributed by atoms with Crippen LogP contribution in [-0.2, 0) is 0 Å². The van der Waals surface area contributed by atoms with Gasteiger partial charge in [0.1, 0.15) is 11.5 Å². The Morgan fingerprint density at radius 2 is 2.21 bits per heavy atom. The highest BCUT2D eigenvalue weighted by atomic mass is 16.5. The molecule has 3 heterocycles. The molecule has 0 aromatic carbocycles. The Kier molecular flexibility index (Phi) is 2.35. The number of hydrogen-bond acceptors (Lipinski definition) is 5. The molecule has 2 aromatic heterocycles. The quantitative estimate of drug-likeness (QED) is 0.814. The Morgan fingerprint density at radius 1 is 1.42 bits per heavy atom. The second-order valence-corrected chi connectivity index (χ2v) is 4.42. The normalized spacial score (nSPS) is 17.8. The minimum absolute atomic E-state index is 0.319. The number of anilines is 1. The Balaban J connectivity index is 2.24. The van der Waals surface area contributed by atoms with Gasteiger partial charge in [-0.2, -0.15) is 5.26 Å². The zero-order valence-corrected chi connectivity index (χ0v) is 10.5. The summed E-state index contributed by atoms with van der Waals surface area (Å²) in [7, 11) is 0. The fourth-order valence-corrected chi connectivity index (χ4v) is 2.33. The number of nitrogens with two attached hydrogens (primary N) is 1. The van der Waals surface area contributed by atoms with E-state index in [9.17, 15) is 5.26 Å². The minimum atomic E-state index is -0.329. The van der Waals surface area contributed by atoms with Gasteiger partial charge < -0.3 is 14.9 Å². The molecule has 0 radical (unpaired) electrons. The number of aryl methyl sites for hydroxylation is 1. The van der Waals surface area contributed by atoms with Gasteiger partial charge in [-0.3, -0.25) is 5.10 Å². The first-order valence-electron chi connectivity index (χ1n) is 5.80. The summed E-state index contributed by atoms with van der Waals surface area (Å²) < 4.78 is 11.0. The highest BCUT2D eigenvalue weighted by molar-refractivity contribution is 5.53. The van der Waals surface area contributed by atoms with Crippen molar-refractivity contribution >= 4 is 5.88 Å². The molecule has 1 aliphatic rings. The molecule has 96 valence electrons. The van der Waals surface area contributed by atoms with Gasteiger partial charge in [-0.1, -0.05) is 0 Å². The molecule has 0 fully saturated rings. The van der Waals surface area contributed by atoms with Gasteiger partial charge in [0.25, 0.3) is 0 Å². The third-order valence-corrected chi connectivity index (χ3v) is 3.22. The summed E-state index contributed by atoms with van der Waals surface area (Å²) in [5.74, 6) is 1.61. The molecule has 6 heteroatoms. The lowest BCUT2D eigenvalue weighted by atomic mass is 9.87. The molecule has 2 aromatic rings. The maximum atomic E-state index is 9.36. The van der Waals surface area contributed by atoms with Crippen molar-refractivity contribution in [3.63, 3.8) is 0 Å². The molecule has 6 nitrogen and oxygen atoms in total. The lowest BCUT2D eigenvalue weighted by molar-refractivity contribution is 0.378. The molecule has 0 bridgehead atoms. The van der Waals surface area contributed by atoms with Crippen molar-refractivity contribution in [3.8, 4) is 11.9 Å². The number of fused-ring (bicyclic) bond motifs is 1.